The second-order valence-corrected chi connectivity index (χ2v) is 4.87. The highest BCUT2D eigenvalue weighted by atomic mass is 16.4. The van der Waals surface area contributed by atoms with Gasteiger partial charge in [0.2, 0.25) is 5.91 Å². The Labute approximate surface area is 94.6 Å². The molecule has 1 amide bonds. The van der Waals surface area contributed by atoms with Gasteiger partial charge in [-0.3, -0.25) is 4.79 Å². The highest BCUT2D eigenvalue weighted by Crippen LogP contribution is 2.36. The zero-order valence-corrected chi connectivity index (χ0v) is 9.32. The third kappa shape index (κ3) is 1.69. The molecular weight excluding hydrogens is 208 g/mol. The number of hydrogen-bond donors (Lipinski definition) is 2. The van der Waals surface area contributed by atoms with Crippen LogP contribution in [0.15, 0.2) is 0 Å². The lowest BCUT2D eigenvalue weighted by Crippen LogP contribution is -2.56. The summed E-state index contributed by atoms with van der Waals surface area (Å²) in [6, 6.07) is -0.203. The standard InChI is InChI=1S/C11H18N2O3/c12-8-6-9(14)13(7-8)11(10(15)16)4-2-1-3-5-11/h8H,1-7,12H2,(H,15,16). The van der Waals surface area contributed by atoms with Crippen LogP contribution in [-0.2, 0) is 9.59 Å². The van der Waals surface area contributed by atoms with Crippen LogP contribution in [0.25, 0.3) is 0 Å². The molecule has 2 aliphatic rings. The van der Waals surface area contributed by atoms with Crippen LogP contribution < -0.4 is 5.73 Å². The van der Waals surface area contributed by atoms with E-state index in [1.165, 1.54) is 4.90 Å². The summed E-state index contributed by atoms with van der Waals surface area (Å²) in [7, 11) is 0. The Morgan fingerprint density at radius 2 is 2.00 bits per heavy atom. The minimum Gasteiger partial charge on any atom is -0.479 e. The Hall–Kier alpha value is -1.10. The minimum absolute atomic E-state index is 0.100. The van der Waals surface area contributed by atoms with Gasteiger partial charge >= 0.3 is 5.97 Å². The molecule has 0 bridgehead atoms. The number of hydrogen-bond acceptors (Lipinski definition) is 3. The van der Waals surface area contributed by atoms with E-state index in [-0.39, 0.29) is 18.4 Å². The molecule has 2 rings (SSSR count). The molecule has 90 valence electrons. The third-order valence-electron chi connectivity index (χ3n) is 3.75. The molecule has 3 N–H and O–H groups in total. The van der Waals surface area contributed by atoms with E-state index >= 15 is 0 Å². The van der Waals surface area contributed by atoms with Gasteiger partial charge in [0.05, 0.1) is 0 Å². The van der Waals surface area contributed by atoms with Crippen LogP contribution in [0, 0.1) is 0 Å². The summed E-state index contributed by atoms with van der Waals surface area (Å²) in [6.45, 7) is 0.394. The Bertz CT molecular complexity index is 308. The van der Waals surface area contributed by atoms with E-state index in [2.05, 4.69) is 0 Å². The van der Waals surface area contributed by atoms with Gasteiger partial charge in [-0.15, -0.1) is 0 Å². The van der Waals surface area contributed by atoms with Gasteiger partial charge in [0.15, 0.2) is 0 Å². The highest BCUT2D eigenvalue weighted by molar-refractivity contribution is 5.88. The van der Waals surface area contributed by atoms with Crippen molar-refractivity contribution in [2.75, 3.05) is 6.54 Å². The summed E-state index contributed by atoms with van der Waals surface area (Å²) >= 11 is 0. The molecule has 1 saturated heterocycles. The summed E-state index contributed by atoms with van der Waals surface area (Å²) in [5, 5.41) is 9.42. The van der Waals surface area contributed by atoms with E-state index in [0.717, 1.165) is 19.3 Å². The number of amides is 1. The van der Waals surface area contributed by atoms with Crippen molar-refractivity contribution in [3.05, 3.63) is 0 Å². The van der Waals surface area contributed by atoms with Gasteiger partial charge in [-0.1, -0.05) is 19.3 Å². The molecule has 5 nitrogen and oxygen atoms in total. The van der Waals surface area contributed by atoms with Crippen molar-refractivity contribution in [1.29, 1.82) is 0 Å². The second kappa shape index (κ2) is 4.05. The van der Waals surface area contributed by atoms with Crippen molar-refractivity contribution < 1.29 is 14.7 Å². The average Bonchev–Trinajstić information content (AvgIpc) is 2.59. The molecule has 1 saturated carbocycles. The van der Waals surface area contributed by atoms with Crippen LogP contribution in [0.5, 0.6) is 0 Å². The maximum Gasteiger partial charge on any atom is 0.329 e. The van der Waals surface area contributed by atoms with E-state index < -0.39 is 11.5 Å². The summed E-state index contributed by atoms with van der Waals surface area (Å²) in [5.74, 6) is -0.966. The smallest absolute Gasteiger partial charge is 0.329 e. The van der Waals surface area contributed by atoms with Gasteiger partial charge in [0.1, 0.15) is 5.54 Å². The number of rotatable bonds is 2. The molecule has 16 heavy (non-hydrogen) atoms. The fourth-order valence-corrected chi connectivity index (χ4v) is 2.88. The molecule has 1 unspecified atom stereocenters. The van der Waals surface area contributed by atoms with Crippen LogP contribution in [0.3, 0.4) is 0 Å². The van der Waals surface area contributed by atoms with E-state index in [4.69, 9.17) is 5.73 Å². The zero-order chi connectivity index (χ0) is 11.8. The molecule has 1 aliphatic heterocycles. The first-order valence-electron chi connectivity index (χ1n) is 5.86. The van der Waals surface area contributed by atoms with Gasteiger partial charge in [-0.2, -0.15) is 0 Å². The minimum atomic E-state index is -0.969. The second-order valence-electron chi connectivity index (χ2n) is 4.87. The van der Waals surface area contributed by atoms with Gasteiger partial charge in [-0.05, 0) is 12.8 Å². The van der Waals surface area contributed by atoms with Crippen molar-refractivity contribution >= 4 is 11.9 Å². The van der Waals surface area contributed by atoms with Crippen molar-refractivity contribution in [3.63, 3.8) is 0 Å². The Kier molecular flexibility index (Phi) is 2.88. The zero-order valence-electron chi connectivity index (χ0n) is 9.32. The number of carboxylic acids is 1. The Morgan fingerprint density at radius 1 is 1.38 bits per heavy atom. The summed E-state index contributed by atoms with van der Waals surface area (Å²) in [4.78, 5) is 24.8. The monoisotopic (exact) mass is 226 g/mol. The molecule has 0 aromatic carbocycles. The van der Waals surface area contributed by atoms with Gasteiger partial charge in [0, 0.05) is 19.0 Å². The fourth-order valence-electron chi connectivity index (χ4n) is 2.88. The van der Waals surface area contributed by atoms with E-state index in [0.29, 0.717) is 19.4 Å². The predicted octanol–water partition coefficient (Wildman–Crippen LogP) is 0.333. The van der Waals surface area contributed by atoms with Crippen molar-refractivity contribution in [2.24, 2.45) is 5.73 Å². The number of likely N-dealkylation sites (tertiary alicyclic amines) is 1. The largest absolute Gasteiger partial charge is 0.479 e. The van der Waals surface area contributed by atoms with E-state index in [1.54, 1.807) is 0 Å². The first-order chi connectivity index (χ1) is 7.56. The summed E-state index contributed by atoms with van der Waals surface area (Å²) in [5.41, 5.74) is 4.76. The normalized spacial score (nSPS) is 29.4. The number of nitrogens with two attached hydrogens (primary N) is 1. The van der Waals surface area contributed by atoms with Gasteiger partial charge in [0.25, 0.3) is 0 Å². The van der Waals surface area contributed by atoms with E-state index in [9.17, 15) is 14.7 Å². The SMILES string of the molecule is NC1CC(=O)N(C2(C(=O)O)CCCCC2)C1. The molecule has 0 aromatic rings. The Balaban J connectivity index is 2.25. The molecule has 1 atom stereocenters. The molecule has 0 aromatic heterocycles. The molecule has 0 spiro atoms. The van der Waals surface area contributed by atoms with Crippen LogP contribution in [0.4, 0.5) is 0 Å². The Morgan fingerprint density at radius 3 is 2.44 bits per heavy atom. The fraction of sp³-hybridized carbons (Fsp3) is 0.818. The molecule has 5 heteroatoms. The molecular formula is C11H18N2O3. The lowest BCUT2D eigenvalue weighted by molar-refractivity contribution is -0.159. The first-order valence-corrected chi connectivity index (χ1v) is 5.86. The number of carbonyl (C=O) groups excluding carboxylic acids is 1. The summed E-state index contributed by atoms with van der Waals surface area (Å²) < 4.78 is 0. The van der Waals surface area contributed by atoms with Crippen LogP contribution in [0.1, 0.15) is 38.5 Å². The van der Waals surface area contributed by atoms with Crippen molar-refractivity contribution in [3.8, 4) is 0 Å². The van der Waals surface area contributed by atoms with Gasteiger partial charge in [-0.25, -0.2) is 4.79 Å². The average molecular weight is 226 g/mol. The predicted molar refractivity (Wildman–Crippen MR) is 57.8 cm³/mol. The number of aliphatic carboxylic acids is 1. The maximum atomic E-state index is 11.8. The highest BCUT2D eigenvalue weighted by Gasteiger charge is 2.49. The lowest BCUT2D eigenvalue weighted by atomic mass is 9.80. The first kappa shape index (κ1) is 11.4. The van der Waals surface area contributed by atoms with Crippen LogP contribution >= 0.6 is 0 Å². The third-order valence-corrected chi connectivity index (χ3v) is 3.75. The quantitative estimate of drug-likeness (QED) is 0.711. The number of carbonyl (C=O) groups is 2. The molecule has 0 radical (unpaired) electrons. The molecule has 1 heterocycles. The molecule has 2 fully saturated rings. The van der Waals surface area contributed by atoms with E-state index in [1.807, 2.05) is 0 Å². The van der Waals surface area contributed by atoms with Crippen LogP contribution in [0.2, 0.25) is 0 Å². The number of nitrogens with zero attached hydrogens (tertiary/aromatic N) is 1. The van der Waals surface area contributed by atoms with Crippen molar-refractivity contribution in [1.82, 2.24) is 4.90 Å². The lowest BCUT2D eigenvalue weighted by Gasteiger charge is -2.41. The topological polar surface area (TPSA) is 83.6 Å². The maximum absolute atomic E-state index is 11.8. The molecule has 1 aliphatic carbocycles. The number of carboxylic acid groups (broad SMARTS) is 1. The van der Waals surface area contributed by atoms with Gasteiger partial charge < -0.3 is 15.7 Å². The van der Waals surface area contributed by atoms with Crippen molar-refractivity contribution in [2.45, 2.75) is 50.1 Å². The van der Waals surface area contributed by atoms with Crippen LogP contribution in [-0.4, -0.2) is 40.0 Å². The summed E-state index contributed by atoms with van der Waals surface area (Å²) in [6.07, 6.45) is 4.25.